The van der Waals surface area contributed by atoms with Gasteiger partial charge in [-0.1, -0.05) is 0 Å². The molecule has 0 aromatic carbocycles. The lowest BCUT2D eigenvalue weighted by Gasteiger charge is -2.24. The number of rotatable bonds is 3. The first-order chi connectivity index (χ1) is 6.40. The molecule has 1 aliphatic rings. The summed E-state index contributed by atoms with van der Waals surface area (Å²) < 4.78 is 0. The lowest BCUT2D eigenvalue weighted by atomic mass is 10.1. The number of carbonyl (C=O) groups excluding carboxylic acids is 2. The molecule has 0 aromatic heterocycles. The van der Waals surface area contributed by atoms with E-state index in [4.69, 9.17) is 10.8 Å². The maximum Gasteiger partial charge on any atom is 0.255 e. The van der Waals surface area contributed by atoms with Gasteiger partial charge in [0.15, 0.2) is 0 Å². The van der Waals surface area contributed by atoms with E-state index in [0.717, 1.165) is 4.90 Å². The average molecular weight is 202 g/mol. The maximum atomic E-state index is 11.5. The Labute approximate surface area is 81.3 Å². The molecule has 1 saturated heterocycles. The number of likely N-dealkylation sites (tertiary alicyclic amines) is 1. The van der Waals surface area contributed by atoms with E-state index in [-0.39, 0.29) is 13.0 Å². The van der Waals surface area contributed by atoms with Gasteiger partial charge in [-0.3, -0.25) is 9.59 Å². The second-order valence-electron chi connectivity index (χ2n) is 3.62. The van der Waals surface area contributed by atoms with Crippen LogP contribution in [0, 0.1) is 0 Å². The van der Waals surface area contributed by atoms with Crippen LogP contribution in [0.4, 0.5) is 0 Å². The Morgan fingerprint density at radius 1 is 1.79 bits per heavy atom. The number of amides is 2. The minimum Gasteiger partial charge on any atom is -0.394 e. The second-order valence-corrected chi connectivity index (χ2v) is 3.62. The minimum absolute atomic E-state index is 0.236. The summed E-state index contributed by atoms with van der Waals surface area (Å²) in [7, 11) is 0. The van der Waals surface area contributed by atoms with Crippen LogP contribution in [-0.4, -0.2) is 51.7 Å². The molecule has 0 aliphatic carbocycles. The van der Waals surface area contributed by atoms with Crippen molar-refractivity contribution in [2.45, 2.75) is 25.0 Å². The van der Waals surface area contributed by atoms with Crippen molar-refractivity contribution >= 4 is 11.8 Å². The van der Waals surface area contributed by atoms with E-state index in [2.05, 4.69) is 0 Å². The molecule has 14 heavy (non-hydrogen) atoms. The topological polar surface area (TPSA) is 104 Å². The van der Waals surface area contributed by atoms with Gasteiger partial charge in [-0.15, -0.1) is 0 Å². The number of hydrogen-bond donors (Lipinski definition) is 3. The lowest BCUT2D eigenvalue weighted by Crippen LogP contribution is -2.50. The Morgan fingerprint density at radius 2 is 2.36 bits per heavy atom. The summed E-state index contributed by atoms with van der Waals surface area (Å²) in [5.41, 5.74) is 3.56. The molecule has 2 atom stereocenters. The SMILES string of the molecule is CC1(O)CCN(C(CO)C(N)=O)C1=O. The number of carbonyl (C=O) groups is 2. The van der Waals surface area contributed by atoms with E-state index >= 15 is 0 Å². The lowest BCUT2D eigenvalue weighted by molar-refractivity contribution is -0.147. The molecular formula is C8H14N2O4. The van der Waals surface area contributed by atoms with Crippen molar-refractivity contribution in [1.82, 2.24) is 4.90 Å². The van der Waals surface area contributed by atoms with Crippen LogP contribution < -0.4 is 5.73 Å². The van der Waals surface area contributed by atoms with Crippen LogP contribution in [-0.2, 0) is 9.59 Å². The molecule has 6 nitrogen and oxygen atoms in total. The van der Waals surface area contributed by atoms with Gasteiger partial charge >= 0.3 is 0 Å². The van der Waals surface area contributed by atoms with Gasteiger partial charge in [0.05, 0.1) is 6.61 Å². The fraction of sp³-hybridized carbons (Fsp3) is 0.750. The zero-order chi connectivity index (χ0) is 10.9. The van der Waals surface area contributed by atoms with Crippen molar-refractivity contribution in [2.75, 3.05) is 13.2 Å². The highest BCUT2D eigenvalue weighted by Gasteiger charge is 2.44. The number of primary amides is 1. The number of aliphatic hydroxyl groups is 2. The average Bonchev–Trinajstić information content (AvgIpc) is 2.32. The molecule has 0 bridgehead atoms. The van der Waals surface area contributed by atoms with E-state index < -0.39 is 30.1 Å². The number of hydrogen-bond acceptors (Lipinski definition) is 4. The fourth-order valence-electron chi connectivity index (χ4n) is 1.50. The Kier molecular flexibility index (Phi) is 2.77. The van der Waals surface area contributed by atoms with Crippen LogP contribution in [0.15, 0.2) is 0 Å². The van der Waals surface area contributed by atoms with Gasteiger partial charge in [-0.2, -0.15) is 0 Å². The quantitative estimate of drug-likeness (QED) is 0.483. The van der Waals surface area contributed by atoms with Crippen LogP contribution in [0.2, 0.25) is 0 Å². The summed E-state index contributed by atoms with van der Waals surface area (Å²) in [5.74, 6) is -1.33. The van der Waals surface area contributed by atoms with Crippen LogP contribution in [0.25, 0.3) is 0 Å². The summed E-state index contributed by atoms with van der Waals surface area (Å²) in [6.45, 7) is 1.10. The Hall–Kier alpha value is -1.14. The number of aliphatic hydroxyl groups excluding tert-OH is 1. The Balaban J connectivity index is 2.81. The predicted octanol–water partition coefficient (Wildman–Crippen LogP) is -2.18. The van der Waals surface area contributed by atoms with Gasteiger partial charge in [0.25, 0.3) is 5.91 Å². The monoisotopic (exact) mass is 202 g/mol. The van der Waals surface area contributed by atoms with Crippen LogP contribution in [0.3, 0.4) is 0 Å². The largest absolute Gasteiger partial charge is 0.394 e. The van der Waals surface area contributed by atoms with Crippen molar-refractivity contribution in [3.63, 3.8) is 0 Å². The first-order valence-electron chi connectivity index (χ1n) is 4.34. The van der Waals surface area contributed by atoms with Crippen LogP contribution in [0.5, 0.6) is 0 Å². The third-order valence-corrected chi connectivity index (χ3v) is 2.44. The molecule has 2 amide bonds. The van der Waals surface area contributed by atoms with E-state index in [1.165, 1.54) is 6.92 Å². The maximum absolute atomic E-state index is 11.5. The zero-order valence-corrected chi connectivity index (χ0v) is 7.93. The molecule has 0 radical (unpaired) electrons. The van der Waals surface area contributed by atoms with Gasteiger partial charge in [-0.05, 0) is 6.92 Å². The van der Waals surface area contributed by atoms with Gasteiger partial charge in [0, 0.05) is 13.0 Å². The summed E-state index contributed by atoms with van der Waals surface area (Å²) in [6.07, 6.45) is 0.246. The van der Waals surface area contributed by atoms with Gasteiger partial charge in [-0.25, -0.2) is 0 Å². The Morgan fingerprint density at radius 3 is 2.64 bits per heavy atom. The molecular weight excluding hydrogens is 188 g/mol. The highest BCUT2D eigenvalue weighted by atomic mass is 16.3. The van der Waals surface area contributed by atoms with Gasteiger partial charge in [0.2, 0.25) is 5.91 Å². The first kappa shape index (κ1) is 10.9. The molecule has 1 heterocycles. The molecule has 80 valence electrons. The Bertz CT molecular complexity index is 264. The molecule has 1 rings (SSSR count). The van der Waals surface area contributed by atoms with Crippen molar-refractivity contribution in [3.8, 4) is 0 Å². The third kappa shape index (κ3) is 1.71. The van der Waals surface area contributed by atoms with Crippen molar-refractivity contribution in [3.05, 3.63) is 0 Å². The predicted molar refractivity (Wildman–Crippen MR) is 47.0 cm³/mol. The highest BCUT2D eigenvalue weighted by molar-refractivity contribution is 5.92. The standard InChI is InChI=1S/C8H14N2O4/c1-8(14)2-3-10(7(8)13)5(4-11)6(9)12/h5,11,14H,2-4H2,1H3,(H2,9,12). The molecule has 6 heteroatoms. The van der Waals surface area contributed by atoms with Gasteiger partial charge in [0.1, 0.15) is 11.6 Å². The first-order valence-corrected chi connectivity index (χ1v) is 4.34. The third-order valence-electron chi connectivity index (χ3n) is 2.44. The fourth-order valence-corrected chi connectivity index (χ4v) is 1.50. The second kappa shape index (κ2) is 3.55. The van der Waals surface area contributed by atoms with E-state index in [0.29, 0.717) is 0 Å². The minimum atomic E-state index is -1.44. The summed E-state index contributed by atoms with van der Waals surface area (Å²) >= 11 is 0. The zero-order valence-electron chi connectivity index (χ0n) is 7.93. The highest BCUT2D eigenvalue weighted by Crippen LogP contribution is 2.23. The van der Waals surface area contributed by atoms with E-state index in [1.54, 1.807) is 0 Å². The van der Waals surface area contributed by atoms with E-state index in [9.17, 15) is 14.7 Å². The van der Waals surface area contributed by atoms with Crippen LogP contribution in [0.1, 0.15) is 13.3 Å². The van der Waals surface area contributed by atoms with Crippen molar-refractivity contribution in [1.29, 1.82) is 0 Å². The summed E-state index contributed by atoms with van der Waals surface area (Å²) in [4.78, 5) is 23.5. The van der Waals surface area contributed by atoms with Gasteiger partial charge < -0.3 is 20.8 Å². The molecule has 4 N–H and O–H groups in total. The molecule has 2 unspecified atom stereocenters. The van der Waals surface area contributed by atoms with E-state index in [1.807, 2.05) is 0 Å². The molecule has 0 spiro atoms. The van der Waals surface area contributed by atoms with Crippen LogP contribution >= 0.6 is 0 Å². The van der Waals surface area contributed by atoms with Crippen molar-refractivity contribution < 1.29 is 19.8 Å². The summed E-state index contributed by atoms with van der Waals surface area (Å²) in [5, 5.41) is 18.4. The number of nitrogens with zero attached hydrogens (tertiary/aromatic N) is 1. The number of nitrogens with two attached hydrogens (primary N) is 1. The smallest absolute Gasteiger partial charge is 0.255 e. The summed E-state index contributed by atoms with van der Waals surface area (Å²) in [6, 6.07) is -1.03. The molecule has 0 saturated carbocycles. The normalized spacial score (nSPS) is 29.4. The molecule has 1 fully saturated rings. The van der Waals surface area contributed by atoms with Crippen molar-refractivity contribution in [2.24, 2.45) is 5.73 Å². The molecule has 0 aromatic rings. The molecule has 1 aliphatic heterocycles.